The van der Waals surface area contributed by atoms with Crippen LogP contribution >= 0.6 is 0 Å². The Bertz CT molecular complexity index is 372. The first-order valence-corrected chi connectivity index (χ1v) is 17.7. The van der Waals surface area contributed by atoms with E-state index in [1.807, 2.05) is 0 Å². The molecule has 0 radical (unpaired) electrons. The third kappa shape index (κ3) is 30.2. The van der Waals surface area contributed by atoms with E-state index in [0.29, 0.717) is 0 Å². The molecule has 0 bridgehead atoms. The average molecular weight is 507 g/mol. The molecule has 0 aromatic carbocycles. The van der Waals surface area contributed by atoms with Gasteiger partial charge in [0.15, 0.2) is 0 Å². The van der Waals surface area contributed by atoms with Crippen LogP contribution < -0.4 is 0 Å². The Morgan fingerprint density at radius 1 is 0.250 bits per heavy atom. The van der Waals surface area contributed by atoms with E-state index in [4.69, 9.17) is 0 Å². The predicted octanol–water partition coefficient (Wildman–Crippen LogP) is 14.0. The molecule has 0 rings (SSSR count). The van der Waals surface area contributed by atoms with Crippen molar-refractivity contribution in [1.29, 1.82) is 0 Å². The van der Waals surface area contributed by atoms with Crippen LogP contribution in [0.4, 0.5) is 0 Å². The number of rotatable bonds is 31. The van der Waals surface area contributed by atoms with Gasteiger partial charge < -0.3 is 0 Å². The van der Waals surface area contributed by atoms with Crippen molar-refractivity contribution < 1.29 is 0 Å². The third-order valence-corrected chi connectivity index (χ3v) is 8.73. The zero-order chi connectivity index (χ0) is 26.4. The number of hydrogen-bond donors (Lipinski definition) is 0. The van der Waals surface area contributed by atoms with Gasteiger partial charge in [0.2, 0.25) is 0 Å². The van der Waals surface area contributed by atoms with Crippen LogP contribution in [0, 0.1) is 11.8 Å². The monoisotopic (exact) mass is 507 g/mol. The molecule has 0 fully saturated rings. The first-order chi connectivity index (χ1) is 17.7. The largest absolute Gasteiger partial charge is 0.0654 e. The summed E-state index contributed by atoms with van der Waals surface area (Å²) in [6.45, 7) is 9.57. The summed E-state index contributed by atoms with van der Waals surface area (Å²) in [5, 5.41) is 0. The van der Waals surface area contributed by atoms with Gasteiger partial charge in [-0.2, -0.15) is 0 Å². The summed E-state index contributed by atoms with van der Waals surface area (Å²) < 4.78 is 0. The van der Waals surface area contributed by atoms with Gasteiger partial charge in [0, 0.05) is 0 Å². The zero-order valence-corrected chi connectivity index (χ0v) is 26.4. The van der Waals surface area contributed by atoms with Crippen LogP contribution in [0.15, 0.2) is 0 Å². The lowest BCUT2D eigenvalue weighted by Crippen LogP contribution is -1.95. The summed E-state index contributed by atoms with van der Waals surface area (Å²) in [6.07, 6.45) is 44.2. The maximum Gasteiger partial charge on any atom is -0.0443 e. The second kappa shape index (κ2) is 31.2. The van der Waals surface area contributed by atoms with Gasteiger partial charge in [-0.25, -0.2) is 0 Å². The van der Waals surface area contributed by atoms with Crippen LogP contribution in [0.5, 0.6) is 0 Å². The Morgan fingerprint density at radius 3 is 0.722 bits per heavy atom. The predicted molar refractivity (Wildman–Crippen MR) is 168 cm³/mol. The van der Waals surface area contributed by atoms with Gasteiger partial charge >= 0.3 is 0 Å². The van der Waals surface area contributed by atoms with Gasteiger partial charge in [-0.1, -0.05) is 220 Å². The minimum atomic E-state index is 0.960. The Kier molecular flexibility index (Phi) is 31.2. The minimum absolute atomic E-state index is 0.960. The van der Waals surface area contributed by atoms with Crippen molar-refractivity contribution in [2.45, 2.75) is 220 Å². The van der Waals surface area contributed by atoms with Gasteiger partial charge in [0.05, 0.1) is 0 Å². The highest BCUT2D eigenvalue weighted by atomic mass is 14.1. The summed E-state index contributed by atoms with van der Waals surface area (Å²) in [6, 6.07) is 0. The second-order valence-corrected chi connectivity index (χ2v) is 12.9. The molecule has 0 spiro atoms. The molecule has 2 atom stereocenters. The second-order valence-electron chi connectivity index (χ2n) is 12.9. The van der Waals surface area contributed by atoms with E-state index >= 15 is 0 Å². The lowest BCUT2D eigenvalue weighted by molar-refractivity contribution is 0.428. The molecule has 218 valence electrons. The van der Waals surface area contributed by atoms with E-state index in [0.717, 1.165) is 11.8 Å². The average Bonchev–Trinajstić information content (AvgIpc) is 2.87. The first kappa shape index (κ1) is 36.0. The van der Waals surface area contributed by atoms with Crippen molar-refractivity contribution in [1.82, 2.24) is 0 Å². The van der Waals surface area contributed by atoms with E-state index in [1.165, 1.54) is 193 Å². The van der Waals surface area contributed by atoms with Gasteiger partial charge in [-0.05, 0) is 11.8 Å². The quantitative estimate of drug-likeness (QED) is 0.0820. The fourth-order valence-electron chi connectivity index (χ4n) is 6.05. The smallest absolute Gasteiger partial charge is 0.0443 e. The van der Waals surface area contributed by atoms with Crippen molar-refractivity contribution in [3.63, 3.8) is 0 Å². The van der Waals surface area contributed by atoms with Crippen molar-refractivity contribution in [3.8, 4) is 0 Å². The molecule has 0 saturated carbocycles. The van der Waals surface area contributed by atoms with E-state index in [9.17, 15) is 0 Å². The Morgan fingerprint density at radius 2 is 0.472 bits per heavy atom. The molecule has 2 unspecified atom stereocenters. The molecule has 0 aliphatic rings. The molecule has 0 heteroatoms. The lowest BCUT2D eigenvalue weighted by Gasteiger charge is -2.11. The molecule has 0 aromatic rings. The zero-order valence-electron chi connectivity index (χ0n) is 26.4. The summed E-state index contributed by atoms with van der Waals surface area (Å²) in [4.78, 5) is 0. The molecule has 0 N–H and O–H groups in total. The van der Waals surface area contributed by atoms with E-state index in [-0.39, 0.29) is 0 Å². The molecular weight excluding hydrogens is 432 g/mol. The Hall–Kier alpha value is 0. The normalized spacial score (nSPS) is 13.3. The summed E-state index contributed by atoms with van der Waals surface area (Å²) in [7, 11) is 0. The first-order valence-electron chi connectivity index (χ1n) is 17.7. The SMILES string of the molecule is CCCCCCCCCCCCCCCCCCC(C)CCCCCCCCCCCC(C)CCC. The minimum Gasteiger partial charge on any atom is -0.0654 e. The van der Waals surface area contributed by atoms with Crippen molar-refractivity contribution in [2.75, 3.05) is 0 Å². The van der Waals surface area contributed by atoms with E-state index in [1.54, 1.807) is 0 Å². The van der Waals surface area contributed by atoms with Gasteiger partial charge in [0.25, 0.3) is 0 Å². The highest BCUT2D eigenvalue weighted by molar-refractivity contribution is 4.57. The van der Waals surface area contributed by atoms with Crippen LogP contribution in [-0.4, -0.2) is 0 Å². The van der Waals surface area contributed by atoms with Crippen molar-refractivity contribution in [2.24, 2.45) is 11.8 Å². The van der Waals surface area contributed by atoms with Crippen molar-refractivity contribution >= 4 is 0 Å². The lowest BCUT2D eigenvalue weighted by atomic mass is 9.95. The molecule has 0 saturated heterocycles. The number of hydrogen-bond acceptors (Lipinski definition) is 0. The molecule has 0 aliphatic heterocycles. The fraction of sp³-hybridized carbons (Fsp3) is 1.00. The molecule has 0 amide bonds. The molecule has 0 aromatic heterocycles. The summed E-state index contributed by atoms with van der Waals surface area (Å²) >= 11 is 0. The Balaban J connectivity index is 3.16. The summed E-state index contributed by atoms with van der Waals surface area (Å²) in [5.41, 5.74) is 0. The van der Waals surface area contributed by atoms with Gasteiger partial charge in [0.1, 0.15) is 0 Å². The van der Waals surface area contributed by atoms with Crippen LogP contribution in [0.3, 0.4) is 0 Å². The maximum absolute atomic E-state index is 2.51. The topological polar surface area (TPSA) is 0 Å². The third-order valence-electron chi connectivity index (χ3n) is 8.73. The van der Waals surface area contributed by atoms with Gasteiger partial charge in [-0.15, -0.1) is 0 Å². The fourth-order valence-corrected chi connectivity index (χ4v) is 6.05. The van der Waals surface area contributed by atoms with Crippen LogP contribution in [-0.2, 0) is 0 Å². The maximum atomic E-state index is 2.51. The highest BCUT2D eigenvalue weighted by Crippen LogP contribution is 2.20. The summed E-state index contributed by atoms with van der Waals surface area (Å²) in [5.74, 6) is 1.92. The Labute approximate surface area is 232 Å². The van der Waals surface area contributed by atoms with Crippen LogP contribution in [0.25, 0.3) is 0 Å². The van der Waals surface area contributed by atoms with Gasteiger partial charge in [-0.3, -0.25) is 0 Å². The molecule has 0 aliphatic carbocycles. The number of unbranched alkanes of at least 4 members (excludes halogenated alkanes) is 23. The molecule has 36 heavy (non-hydrogen) atoms. The standard InChI is InChI=1S/C36H74/c1-5-7-8-9-10-11-12-13-14-15-16-17-19-23-26-29-33-36(4)34-30-27-24-21-18-20-22-25-28-32-35(3)31-6-2/h35-36H,5-34H2,1-4H3. The van der Waals surface area contributed by atoms with Crippen LogP contribution in [0.1, 0.15) is 220 Å². The van der Waals surface area contributed by atoms with Crippen molar-refractivity contribution in [3.05, 3.63) is 0 Å². The van der Waals surface area contributed by atoms with E-state index < -0.39 is 0 Å². The van der Waals surface area contributed by atoms with Crippen LogP contribution in [0.2, 0.25) is 0 Å². The molecule has 0 heterocycles. The van der Waals surface area contributed by atoms with E-state index in [2.05, 4.69) is 27.7 Å². The molecule has 0 nitrogen and oxygen atoms in total. The highest BCUT2D eigenvalue weighted by Gasteiger charge is 2.03. The molecular formula is C36H74.